The van der Waals surface area contributed by atoms with Crippen LogP contribution in [0, 0.1) is 5.92 Å². The van der Waals surface area contributed by atoms with Crippen LogP contribution in [0.25, 0.3) is 0 Å². The van der Waals surface area contributed by atoms with Crippen LogP contribution in [0.2, 0.25) is 0 Å². The lowest BCUT2D eigenvalue weighted by Crippen LogP contribution is -2.30. The van der Waals surface area contributed by atoms with Crippen LogP contribution in [0.1, 0.15) is 17.5 Å². The topological polar surface area (TPSA) is 46.6 Å². The van der Waals surface area contributed by atoms with Gasteiger partial charge >= 0.3 is 0 Å². The number of nitrogens with one attached hydrogen (secondary N) is 1. The van der Waals surface area contributed by atoms with Crippen LogP contribution in [0.3, 0.4) is 0 Å². The summed E-state index contributed by atoms with van der Waals surface area (Å²) < 4.78 is 11.2. The third kappa shape index (κ3) is 4.42. The van der Waals surface area contributed by atoms with E-state index in [2.05, 4.69) is 27.3 Å². The number of ether oxygens (including phenoxy) is 2. The van der Waals surface area contributed by atoms with Gasteiger partial charge in [0.05, 0.1) is 0 Å². The van der Waals surface area contributed by atoms with Crippen molar-refractivity contribution in [1.29, 1.82) is 0 Å². The van der Waals surface area contributed by atoms with Crippen LogP contribution in [0.15, 0.2) is 42.7 Å². The summed E-state index contributed by atoms with van der Waals surface area (Å²) in [6.07, 6.45) is 5.02. The van der Waals surface area contributed by atoms with Crippen molar-refractivity contribution in [3.8, 4) is 11.5 Å². The maximum Gasteiger partial charge on any atom is 0.231 e. The molecule has 1 atom stereocenters. The number of benzene rings is 1. The smallest absolute Gasteiger partial charge is 0.231 e. The zero-order chi connectivity index (χ0) is 16.2. The molecule has 25 heavy (non-hydrogen) atoms. The monoisotopic (exact) mass is 361 g/mol. The van der Waals surface area contributed by atoms with E-state index >= 15 is 0 Å². The molecule has 4 rings (SSSR count). The number of hydrogen-bond donors (Lipinski definition) is 1. The van der Waals surface area contributed by atoms with Gasteiger partial charge in [0.1, 0.15) is 0 Å². The Morgan fingerprint density at radius 1 is 1.16 bits per heavy atom. The van der Waals surface area contributed by atoms with Crippen molar-refractivity contribution in [1.82, 2.24) is 15.2 Å². The maximum atomic E-state index is 5.68. The summed E-state index contributed by atoms with van der Waals surface area (Å²) in [6, 6.07) is 10.3. The van der Waals surface area contributed by atoms with Crippen molar-refractivity contribution in [3.05, 3.63) is 53.9 Å². The molecule has 0 aliphatic carbocycles. The zero-order valence-corrected chi connectivity index (χ0v) is 15.0. The van der Waals surface area contributed by atoms with Gasteiger partial charge in [0.2, 0.25) is 6.79 Å². The van der Waals surface area contributed by atoms with Crippen molar-refractivity contribution in [2.24, 2.45) is 5.92 Å². The van der Waals surface area contributed by atoms with Crippen molar-refractivity contribution >= 4 is 12.4 Å². The second-order valence-corrected chi connectivity index (χ2v) is 6.54. The number of hydrogen-bond acceptors (Lipinski definition) is 5. The minimum absolute atomic E-state index is 0. The summed E-state index contributed by atoms with van der Waals surface area (Å²) >= 11 is 0. The van der Waals surface area contributed by atoms with E-state index < -0.39 is 0 Å². The highest BCUT2D eigenvalue weighted by atomic mass is 35.5. The molecule has 0 spiro atoms. The van der Waals surface area contributed by atoms with Gasteiger partial charge in [0.15, 0.2) is 11.5 Å². The van der Waals surface area contributed by atoms with Crippen molar-refractivity contribution in [2.75, 3.05) is 26.4 Å². The highest BCUT2D eigenvalue weighted by Gasteiger charge is 2.22. The first kappa shape index (κ1) is 18.0. The number of nitrogens with zero attached hydrogens (tertiary/aromatic N) is 2. The quantitative estimate of drug-likeness (QED) is 0.857. The Bertz CT molecular complexity index is 678. The molecule has 2 aromatic rings. The molecule has 1 N–H and O–H groups in total. The fourth-order valence-electron chi connectivity index (χ4n) is 3.53. The molecule has 0 saturated carbocycles. The summed E-state index contributed by atoms with van der Waals surface area (Å²) in [6.45, 7) is 5.39. The first-order chi connectivity index (χ1) is 11.9. The Kier molecular flexibility index (Phi) is 6.13. The summed E-state index contributed by atoms with van der Waals surface area (Å²) in [5, 5.41) is 3.46. The van der Waals surface area contributed by atoms with Crippen molar-refractivity contribution in [3.63, 3.8) is 0 Å². The minimum atomic E-state index is 0. The van der Waals surface area contributed by atoms with Gasteiger partial charge in [-0.3, -0.25) is 9.88 Å². The first-order valence-electron chi connectivity index (χ1n) is 8.58. The summed E-state index contributed by atoms with van der Waals surface area (Å²) in [7, 11) is 0. The Morgan fingerprint density at radius 3 is 2.92 bits per heavy atom. The molecule has 1 saturated heterocycles. The highest BCUT2D eigenvalue weighted by molar-refractivity contribution is 5.85. The predicted octanol–water partition coefficient (Wildman–Crippen LogP) is 2.84. The second kappa shape index (κ2) is 8.52. The molecule has 1 fully saturated rings. The van der Waals surface area contributed by atoms with Gasteiger partial charge in [0, 0.05) is 37.6 Å². The van der Waals surface area contributed by atoms with E-state index in [1.165, 1.54) is 17.5 Å². The Labute approximate surface area is 154 Å². The number of fused-ring (bicyclic) bond motifs is 1. The molecule has 5 nitrogen and oxygen atoms in total. The van der Waals surface area contributed by atoms with Gasteiger partial charge in [-0.1, -0.05) is 18.2 Å². The third-order valence-corrected chi connectivity index (χ3v) is 4.68. The lowest BCUT2D eigenvalue weighted by Gasteiger charge is -2.25. The van der Waals surface area contributed by atoms with Gasteiger partial charge < -0.3 is 14.8 Å². The van der Waals surface area contributed by atoms with E-state index in [1.54, 1.807) is 0 Å². The molecule has 134 valence electrons. The van der Waals surface area contributed by atoms with E-state index in [4.69, 9.17) is 9.47 Å². The molecule has 6 heteroatoms. The van der Waals surface area contributed by atoms with Crippen LogP contribution >= 0.6 is 12.4 Å². The lowest BCUT2D eigenvalue weighted by atomic mass is 10.1. The standard InChI is InChI=1S/C19H23N3O2.ClH/c1-4-17(19-18(5-1)23-14-24-19)13-22(12-16-6-8-21-10-16)11-15-3-2-7-20-9-15;/h1-5,7,9,16,21H,6,8,10-14H2;1H. The summed E-state index contributed by atoms with van der Waals surface area (Å²) in [5.74, 6) is 2.46. The van der Waals surface area contributed by atoms with Gasteiger partial charge in [0.25, 0.3) is 0 Å². The molecule has 1 unspecified atom stereocenters. The predicted molar refractivity (Wildman–Crippen MR) is 99.1 cm³/mol. The Balaban J connectivity index is 0.00000182. The SMILES string of the molecule is Cl.c1cncc(CN(Cc2cccc3c2OCO3)CC2CCNC2)c1. The van der Waals surface area contributed by atoms with Crippen LogP contribution < -0.4 is 14.8 Å². The van der Waals surface area contributed by atoms with Crippen LogP contribution in [0.4, 0.5) is 0 Å². The number of rotatable bonds is 6. The van der Waals surface area contributed by atoms with Gasteiger partial charge in [-0.05, 0) is 43.1 Å². The molecule has 0 bridgehead atoms. The molecular formula is C19H24ClN3O2. The van der Waals surface area contributed by atoms with Crippen molar-refractivity contribution < 1.29 is 9.47 Å². The Morgan fingerprint density at radius 2 is 2.12 bits per heavy atom. The average Bonchev–Trinajstić information content (AvgIpc) is 3.27. The molecular weight excluding hydrogens is 338 g/mol. The normalized spacial score (nSPS) is 18.4. The molecule has 0 radical (unpaired) electrons. The maximum absolute atomic E-state index is 5.68. The molecule has 2 aliphatic rings. The van der Waals surface area contributed by atoms with Crippen LogP contribution in [0.5, 0.6) is 11.5 Å². The zero-order valence-electron chi connectivity index (χ0n) is 14.2. The second-order valence-electron chi connectivity index (χ2n) is 6.54. The average molecular weight is 362 g/mol. The van der Waals surface area contributed by atoms with Crippen LogP contribution in [-0.2, 0) is 13.1 Å². The largest absolute Gasteiger partial charge is 0.454 e. The summed E-state index contributed by atoms with van der Waals surface area (Å²) in [5.41, 5.74) is 2.44. The Hall–Kier alpha value is -1.82. The van der Waals surface area contributed by atoms with E-state index in [0.29, 0.717) is 12.7 Å². The van der Waals surface area contributed by atoms with Crippen molar-refractivity contribution in [2.45, 2.75) is 19.5 Å². The molecule has 2 aliphatic heterocycles. The minimum Gasteiger partial charge on any atom is -0.454 e. The van der Waals surface area contributed by atoms with Gasteiger partial charge in [-0.25, -0.2) is 0 Å². The fraction of sp³-hybridized carbons (Fsp3) is 0.421. The van der Waals surface area contributed by atoms with Gasteiger partial charge in [-0.2, -0.15) is 0 Å². The lowest BCUT2D eigenvalue weighted by molar-refractivity contribution is 0.170. The fourth-order valence-corrected chi connectivity index (χ4v) is 3.53. The van der Waals surface area contributed by atoms with E-state index in [0.717, 1.165) is 44.2 Å². The number of aromatic nitrogens is 1. The summed E-state index contributed by atoms with van der Waals surface area (Å²) in [4.78, 5) is 6.74. The first-order valence-corrected chi connectivity index (χ1v) is 8.58. The number of para-hydroxylation sites is 1. The highest BCUT2D eigenvalue weighted by Crippen LogP contribution is 2.36. The number of pyridine rings is 1. The van der Waals surface area contributed by atoms with E-state index in [-0.39, 0.29) is 12.4 Å². The molecule has 3 heterocycles. The number of halogens is 1. The third-order valence-electron chi connectivity index (χ3n) is 4.68. The van der Waals surface area contributed by atoms with E-state index in [9.17, 15) is 0 Å². The molecule has 1 aromatic carbocycles. The van der Waals surface area contributed by atoms with Crippen LogP contribution in [-0.4, -0.2) is 36.3 Å². The molecule has 1 aromatic heterocycles. The van der Waals surface area contributed by atoms with Gasteiger partial charge in [-0.15, -0.1) is 12.4 Å². The molecule has 0 amide bonds. The van der Waals surface area contributed by atoms with E-state index in [1.807, 2.05) is 30.6 Å².